The molecule has 1 heterocycles. The first-order chi connectivity index (χ1) is 9.66. The second kappa shape index (κ2) is 5.49. The summed E-state index contributed by atoms with van der Waals surface area (Å²) >= 11 is 6.15. The van der Waals surface area contributed by atoms with Crippen LogP contribution in [0.15, 0.2) is 24.3 Å². The van der Waals surface area contributed by atoms with Crippen LogP contribution in [0.4, 0.5) is 0 Å². The molecule has 1 aliphatic rings. The van der Waals surface area contributed by atoms with E-state index in [4.69, 9.17) is 11.6 Å². The number of para-hydroxylation sites is 1. The third kappa shape index (κ3) is 2.42. The summed E-state index contributed by atoms with van der Waals surface area (Å²) in [6, 6.07) is 7.97. The molecule has 1 aromatic heterocycles. The van der Waals surface area contributed by atoms with E-state index < -0.39 is 0 Å². The topological polar surface area (TPSA) is 36.1 Å². The van der Waals surface area contributed by atoms with Gasteiger partial charge in [0.2, 0.25) is 0 Å². The van der Waals surface area contributed by atoms with Crippen LogP contribution in [0.3, 0.4) is 0 Å². The van der Waals surface area contributed by atoms with Crippen LogP contribution in [-0.4, -0.2) is 28.9 Å². The zero-order valence-corrected chi connectivity index (χ0v) is 12.4. The molecule has 0 atom stereocenters. The van der Waals surface area contributed by atoms with Crippen molar-refractivity contribution in [2.75, 3.05) is 7.05 Å². The summed E-state index contributed by atoms with van der Waals surface area (Å²) in [4.78, 5) is 17.6. The Labute approximate surface area is 123 Å². The molecule has 106 valence electrons. The molecule has 3 nitrogen and oxygen atoms in total. The molecule has 2 aromatic rings. The third-order valence-electron chi connectivity index (χ3n) is 4.28. The van der Waals surface area contributed by atoms with Crippen LogP contribution in [0.5, 0.6) is 0 Å². The minimum atomic E-state index is 0.0594. The molecule has 3 rings (SSSR count). The molecule has 1 aliphatic carbocycles. The van der Waals surface area contributed by atoms with Gasteiger partial charge in [0.05, 0.1) is 10.5 Å². The number of carbonyl (C=O) groups excluding carboxylic acids is 1. The SMILES string of the molecule is CN(C(=O)c1cc2cccc(Cl)c2[nH]1)C1CCCCC1. The Balaban J connectivity index is 1.86. The molecule has 4 heteroatoms. The molecule has 0 saturated heterocycles. The predicted octanol–water partition coefficient (Wildman–Crippen LogP) is 4.23. The van der Waals surface area contributed by atoms with Crippen LogP contribution in [-0.2, 0) is 0 Å². The number of rotatable bonds is 2. The van der Waals surface area contributed by atoms with Crippen LogP contribution in [0, 0.1) is 0 Å². The van der Waals surface area contributed by atoms with Crippen molar-refractivity contribution in [2.45, 2.75) is 38.1 Å². The molecule has 0 aliphatic heterocycles. The number of carbonyl (C=O) groups is 1. The Morgan fingerprint density at radius 1 is 1.30 bits per heavy atom. The largest absolute Gasteiger partial charge is 0.349 e. The summed E-state index contributed by atoms with van der Waals surface area (Å²) in [5.74, 6) is 0.0594. The number of aromatic nitrogens is 1. The lowest BCUT2D eigenvalue weighted by molar-refractivity contribution is 0.0691. The van der Waals surface area contributed by atoms with Crippen molar-refractivity contribution in [3.63, 3.8) is 0 Å². The predicted molar refractivity (Wildman–Crippen MR) is 82.3 cm³/mol. The molecule has 20 heavy (non-hydrogen) atoms. The molecule has 1 fully saturated rings. The lowest BCUT2D eigenvalue weighted by atomic mass is 9.94. The van der Waals surface area contributed by atoms with E-state index in [1.165, 1.54) is 19.3 Å². The molecule has 0 spiro atoms. The van der Waals surface area contributed by atoms with E-state index in [1.807, 2.05) is 36.2 Å². The second-order valence-electron chi connectivity index (χ2n) is 5.59. The number of halogens is 1. The van der Waals surface area contributed by atoms with Crippen LogP contribution >= 0.6 is 11.6 Å². The smallest absolute Gasteiger partial charge is 0.270 e. The average Bonchev–Trinajstić information content (AvgIpc) is 2.92. The van der Waals surface area contributed by atoms with E-state index in [0.29, 0.717) is 16.8 Å². The highest BCUT2D eigenvalue weighted by Crippen LogP contribution is 2.26. The van der Waals surface area contributed by atoms with Crippen molar-refractivity contribution in [3.05, 3.63) is 35.0 Å². The van der Waals surface area contributed by atoms with Crippen LogP contribution < -0.4 is 0 Å². The maximum absolute atomic E-state index is 12.6. The number of hydrogen-bond acceptors (Lipinski definition) is 1. The summed E-state index contributed by atoms with van der Waals surface area (Å²) in [6.45, 7) is 0. The highest BCUT2D eigenvalue weighted by Gasteiger charge is 2.24. The number of nitrogens with zero attached hydrogens (tertiary/aromatic N) is 1. The molecule has 1 aromatic carbocycles. The van der Waals surface area contributed by atoms with E-state index in [9.17, 15) is 4.79 Å². The van der Waals surface area contributed by atoms with Gasteiger partial charge in [0.15, 0.2) is 0 Å². The maximum Gasteiger partial charge on any atom is 0.270 e. The monoisotopic (exact) mass is 290 g/mol. The lowest BCUT2D eigenvalue weighted by Gasteiger charge is -2.30. The minimum Gasteiger partial charge on any atom is -0.349 e. The van der Waals surface area contributed by atoms with Gasteiger partial charge in [0, 0.05) is 18.5 Å². The Bertz CT molecular complexity index is 628. The van der Waals surface area contributed by atoms with Crippen molar-refractivity contribution in [1.29, 1.82) is 0 Å². The fourth-order valence-electron chi connectivity index (χ4n) is 3.06. The molecule has 1 amide bonds. The zero-order chi connectivity index (χ0) is 14.1. The van der Waals surface area contributed by atoms with Crippen LogP contribution in [0.2, 0.25) is 5.02 Å². The van der Waals surface area contributed by atoms with Crippen LogP contribution in [0.1, 0.15) is 42.6 Å². The van der Waals surface area contributed by atoms with E-state index in [-0.39, 0.29) is 5.91 Å². The number of fused-ring (bicyclic) bond motifs is 1. The first-order valence-corrected chi connectivity index (χ1v) is 7.59. The van der Waals surface area contributed by atoms with E-state index >= 15 is 0 Å². The van der Waals surface area contributed by atoms with Crippen molar-refractivity contribution >= 4 is 28.4 Å². The summed E-state index contributed by atoms with van der Waals surface area (Å²) in [5, 5.41) is 1.64. The highest BCUT2D eigenvalue weighted by atomic mass is 35.5. The van der Waals surface area contributed by atoms with Gasteiger partial charge in [0.1, 0.15) is 5.69 Å². The second-order valence-corrected chi connectivity index (χ2v) is 6.00. The molecule has 0 radical (unpaired) electrons. The summed E-state index contributed by atoms with van der Waals surface area (Å²) in [6.07, 6.45) is 5.97. The molecule has 1 saturated carbocycles. The van der Waals surface area contributed by atoms with Gasteiger partial charge < -0.3 is 9.88 Å². The Kier molecular flexibility index (Phi) is 3.70. The molecule has 0 unspecified atom stereocenters. The molecular weight excluding hydrogens is 272 g/mol. The van der Waals surface area contributed by atoms with Gasteiger partial charge in [0.25, 0.3) is 5.91 Å². The standard InChI is InChI=1S/C16H19ClN2O/c1-19(12-7-3-2-4-8-12)16(20)14-10-11-6-5-9-13(17)15(11)18-14/h5-6,9-10,12,18H,2-4,7-8H2,1H3. The van der Waals surface area contributed by atoms with Gasteiger partial charge in [-0.1, -0.05) is 43.0 Å². The van der Waals surface area contributed by atoms with Crippen molar-refractivity contribution in [2.24, 2.45) is 0 Å². The van der Waals surface area contributed by atoms with Crippen molar-refractivity contribution in [1.82, 2.24) is 9.88 Å². The van der Waals surface area contributed by atoms with Gasteiger partial charge in [-0.25, -0.2) is 0 Å². The number of nitrogens with one attached hydrogen (secondary N) is 1. The number of H-pyrrole nitrogens is 1. The number of benzene rings is 1. The van der Waals surface area contributed by atoms with Crippen molar-refractivity contribution in [3.8, 4) is 0 Å². The van der Waals surface area contributed by atoms with E-state index in [0.717, 1.165) is 23.7 Å². The van der Waals surface area contributed by atoms with E-state index in [1.54, 1.807) is 0 Å². The van der Waals surface area contributed by atoms with Crippen molar-refractivity contribution < 1.29 is 4.79 Å². The zero-order valence-electron chi connectivity index (χ0n) is 11.7. The fourth-order valence-corrected chi connectivity index (χ4v) is 3.29. The lowest BCUT2D eigenvalue weighted by Crippen LogP contribution is -2.38. The summed E-state index contributed by atoms with van der Waals surface area (Å²) < 4.78 is 0. The number of hydrogen-bond donors (Lipinski definition) is 1. The Hall–Kier alpha value is -1.48. The van der Waals surface area contributed by atoms with Gasteiger partial charge in [-0.15, -0.1) is 0 Å². The Morgan fingerprint density at radius 2 is 2.05 bits per heavy atom. The molecule has 0 bridgehead atoms. The Morgan fingerprint density at radius 3 is 2.75 bits per heavy atom. The highest BCUT2D eigenvalue weighted by molar-refractivity contribution is 6.35. The van der Waals surface area contributed by atoms with Gasteiger partial charge in [-0.2, -0.15) is 0 Å². The minimum absolute atomic E-state index is 0.0594. The fraction of sp³-hybridized carbons (Fsp3) is 0.438. The third-order valence-corrected chi connectivity index (χ3v) is 4.59. The van der Waals surface area contributed by atoms with E-state index in [2.05, 4.69) is 4.98 Å². The first-order valence-electron chi connectivity index (χ1n) is 7.21. The average molecular weight is 291 g/mol. The first kappa shape index (κ1) is 13.5. The normalized spacial score (nSPS) is 16.5. The van der Waals surface area contributed by atoms with Gasteiger partial charge in [-0.05, 0) is 25.0 Å². The van der Waals surface area contributed by atoms with Crippen LogP contribution in [0.25, 0.3) is 10.9 Å². The summed E-state index contributed by atoms with van der Waals surface area (Å²) in [5.41, 5.74) is 1.47. The van der Waals surface area contributed by atoms with Gasteiger partial charge in [-0.3, -0.25) is 4.79 Å². The quantitative estimate of drug-likeness (QED) is 0.883. The molecular formula is C16H19ClN2O. The number of aromatic amines is 1. The number of amides is 1. The summed E-state index contributed by atoms with van der Waals surface area (Å²) in [7, 11) is 1.91. The maximum atomic E-state index is 12.6. The van der Waals surface area contributed by atoms with Gasteiger partial charge >= 0.3 is 0 Å². The molecule has 1 N–H and O–H groups in total.